The predicted molar refractivity (Wildman–Crippen MR) is 76.4 cm³/mol. The van der Waals surface area contributed by atoms with Crippen LogP contribution in [0.4, 0.5) is 0 Å². The van der Waals surface area contributed by atoms with Gasteiger partial charge in [-0.25, -0.2) is 0 Å². The normalized spacial score (nSPS) is 13.0. The van der Waals surface area contributed by atoms with Gasteiger partial charge in [0.2, 0.25) is 0 Å². The van der Waals surface area contributed by atoms with Crippen molar-refractivity contribution >= 4 is 0 Å². The summed E-state index contributed by atoms with van der Waals surface area (Å²) in [4.78, 5) is 0. The number of aryl methyl sites for hydroxylation is 2. The summed E-state index contributed by atoms with van der Waals surface area (Å²) in [6, 6.07) is 9.54. The zero-order valence-electron chi connectivity index (χ0n) is 11.8. The van der Waals surface area contributed by atoms with Crippen LogP contribution < -0.4 is 5.32 Å². The Morgan fingerprint density at radius 2 is 2.00 bits per heavy atom. The van der Waals surface area contributed by atoms with Gasteiger partial charge in [0, 0.05) is 6.04 Å². The molecule has 0 aliphatic carbocycles. The van der Waals surface area contributed by atoms with Gasteiger partial charge in [-0.3, -0.25) is 0 Å². The molecular weight excluding hydrogens is 206 g/mol. The third-order valence-corrected chi connectivity index (χ3v) is 3.11. The standard InChI is InChI=1S/C16H27N/c1-5-17-16(11-13(2)3)10-9-15-8-6-7-14(4)12-15/h6-8,12-13,16-17H,5,9-11H2,1-4H3. The number of rotatable bonds is 7. The van der Waals surface area contributed by atoms with E-state index >= 15 is 0 Å². The maximum Gasteiger partial charge on any atom is 0.00725 e. The molecule has 1 rings (SSSR count). The van der Waals surface area contributed by atoms with E-state index in [0.717, 1.165) is 12.5 Å². The number of hydrogen-bond donors (Lipinski definition) is 1. The van der Waals surface area contributed by atoms with Crippen molar-refractivity contribution in [3.63, 3.8) is 0 Å². The van der Waals surface area contributed by atoms with Crippen LogP contribution >= 0.6 is 0 Å². The number of nitrogens with one attached hydrogen (secondary N) is 1. The first-order valence-corrected chi connectivity index (χ1v) is 6.90. The Kier molecular flexibility index (Phi) is 6.28. The van der Waals surface area contributed by atoms with Gasteiger partial charge in [-0.05, 0) is 44.2 Å². The average molecular weight is 233 g/mol. The van der Waals surface area contributed by atoms with Crippen LogP contribution in [0.15, 0.2) is 24.3 Å². The molecule has 0 spiro atoms. The fourth-order valence-corrected chi connectivity index (χ4v) is 2.37. The zero-order chi connectivity index (χ0) is 12.7. The summed E-state index contributed by atoms with van der Waals surface area (Å²) in [5.74, 6) is 0.775. The van der Waals surface area contributed by atoms with Gasteiger partial charge in [-0.2, -0.15) is 0 Å². The van der Waals surface area contributed by atoms with Gasteiger partial charge in [0.25, 0.3) is 0 Å². The number of hydrogen-bond acceptors (Lipinski definition) is 1. The Morgan fingerprint density at radius 3 is 2.59 bits per heavy atom. The molecule has 0 aliphatic rings. The van der Waals surface area contributed by atoms with E-state index in [0.29, 0.717) is 6.04 Å². The van der Waals surface area contributed by atoms with Gasteiger partial charge in [-0.15, -0.1) is 0 Å². The molecule has 0 saturated carbocycles. The van der Waals surface area contributed by atoms with Crippen molar-refractivity contribution in [3.05, 3.63) is 35.4 Å². The first-order valence-electron chi connectivity index (χ1n) is 6.90. The van der Waals surface area contributed by atoms with Crippen LogP contribution in [0.25, 0.3) is 0 Å². The third kappa shape index (κ3) is 5.88. The summed E-state index contributed by atoms with van der Waals surface area (Å²) in [6.45, 7) is 10.0. The molecule has 0 radical (unpaired) electrons. The van der Waals surface area contributed by atoms with Gasteiger partial charge >= 0.3 is 0 Å². The van der Waals surface area contributed by atoms with Crippen LogP contribution in [-0.4, -0.2) is 12.6 Å². The van der Waals surface area contributed by atoms with Crippen LogP contribution in [-0.2, 0) is 6.42 Å². The summed E-state index contributed by atoms with van der Waals surface area (Å²) in [6.07, 6.45) is 3.71. The fourth-order valence-electron chi connectivity index (χ4n) is 2.37. The van der Waals surface area contributed by atoms with Crippen LogP contribution in [0.3, 0.4) is 0 Å². The highest BCUT2D eigenvalue weighted by Gasteiger charge is 2.09. The molecule has 1 N–H and O–H groups in total. The van der Waals surface area contributed by atoms with Gasteiger partial charge in [0.1, 0.15) is 0 Å². The summed E-state index contributed by atoms with van der Waals surface area (Å²) < 4.78 is 0. The minimum Gasteiger partial charge on any atom is -0.314 e. The zero-order valence-corrected chi connectivity index (χ0v) is 11.8. The van der Waals surface area contributed by atoms with Crippen molar-refractivity contribution in [1.29, 1.82) is 0 Å². The Balaban J connectivity index is 2.45. The lowest BCUT2D eigenvalue weighted by atomic mass is 9.97. The monoisotopic (exact) mass is 233 g/mol. The summed E-state index contributed by atoms with van der Waals surface area (Å²) in [7, 11) is 0. The minimum absolute atomic E-state index is 0.667. The van der Waals surface area contributed by atoms with Crippen molar-refractivity contribution in [3.8, 4) is 0 Å². The lowest BCUT2D eigenvalue weighted by Gasteiger charge is -2.20. The largest absolute Gasteiger partial charge is 0.314 e. The van der Waals surface area contributed by atoms with Crippen molar-refractivity contribution in [2.75, 3.05) is 6.54 Å². The van der Waals surface area contributed by atoms with Crippen molar-refractivity contribution in [2.24, 2.45) is 5.92 Å². The molecule has 17 heavy (non-hydrogen) atoms. The smallest absolute Gasteiger partial charge is 0.00725 e. The summed E-state index contributed by atoms with van der Waals surface area (Å²) in [5, 5.41) is 3.60. The highest BCUT2D eigenvalue weighted by Crippen LogP contribution is 2.13. The quantitative estimate of drug-likeness (QED) is 0.752. The molecule has 1 aromatic rings. The molecule has 0 saturated heterocycles. The molecular formula is C16H27N. The van der Waals surface area contributed by atoms with E-state index in [-0.39, 0.29) is 0 Å². The molecule has 1 aromatic carbocycles. The van der Waals surface area contributed by atoms with E-state index in [2.05, 4.69) is 57.3 Å². The van der Waals surface area contributed by atoms with Gasteiger partial charge in [-0.1, -0.05) is 50.6 Å². The molecule has 1 heteroatoms. The topological polar surface area (TPSA) is 12.0 Å². The van der Waals surface area contributed by atoms with E-state index in [1.165, 1.54) is 30.4 Å². The maximum absolute atomic E-state index is 3.60. The van der Waals surface area contributed by atoms with E-state index in [1.807, 2.05) is 0 Å². The van der Waals surface area contributed by atoms with E-state index < -0.39 is 0 Å². The third-order valence-electron chi connectivity index (χ3n) is 3.11. The highest BCUT2D eigenvalue weighted by molar-refractivity contribution is 5.22. The Bertz CT molecular complexity index is 317. The lowest BCUT2D eigenvalue weighted by molar-refractivity contribution is 0.405. The Hall–Kier alpha value is -0.820. The second-order valence-electron chi connectivity index (χ2n) is 5.41. The first kappa shape index (κ1) is 14.2. The molecule has 0 aromatic heterocycles. The molecule has 96 valence electrons. The van der Waals surface area contributed by atoms with Crippen molar-refractivity contribution < 1.29 is 0 Å². The SMILES string of the molecule is CCNC(CCc1cccc(C)c1)CC(C)C. The molecule has 1 nitrogen and oxygen atoms in total. The average Bonchev–Trinajstić information content (AvgIpc) is 2.26. The van der Waals surface area contributed by atoms with Crippen LogP contribution in [0.5, 0.6) is 0 Å². The van der Waals surface area contributed by atoms with Gasteiger partial charge in [0.05, 0.1) is 0 Å². The van der Waals surface area contributed by atoms with E-state index in [9.17, 15) is 0 Å². The number of benzene rings is 1. The van der Waals surface area contributed by atoms with E-state index in [1.54, 1.807) is 0 Å². The fraction of sp³-hybridized carbons (Fsp3) is 0.625. The Morgan fingerprint density at radius 1 is 1.24 bits per heavy atom. The molecule has 0 aliphatic heterocycles. The molecule has 0 fully saturated rings. The lowest BCUT2D eigenvalue weighted by Crippen LogP contribution is -2.30. The first-order chi connectivity index (χ1) is 8.11. The van der Waals surface area contributed by atoms with Gasteiger partial charge in [0.15, 0.2) is 0 Å². The predicted octanol–water partition coefficient (Wildman–Crippen LogP) is 3.95. The molecule has 0 heterocycles. The minimum atomic E-state index is 0.667. The second-order valence-corrected chi connectivity index (χ2v) is 5.41. The molecule has 1 atom stereocenters. The van der Waals surface area contributed by atoms with Gasteiger partial charge < -0.3 is 5.32 Å². The molecule has 1 unspecified atom stereocenters. The summed E-state index contributed by atoms with van der Waals surface area (Å²) in [5.41, 5.74) is 2.84. The summed E-state index contributed by atoms with van der Waals surface area (Å²) >= 11 is 0. The molecule has 0 bridgehead atoms. The molecule has 0 amide bonds. The maximum atomic E-state index is 3.60. The Labute approximate surface area is 107 Å². The van der Waals surface area contributed by atoms with E-state index in [4.69, 9.17) is 0 Å². The van der Waals surface area contributed by atoms with Crippen LogP contribution in [0.2, 0.25) is 0 Å². The highest BCUT2D eigenvalue weighted by atomic mass is 14.9. The van der Waals surface area contributed by atoms with Crippen molar-refractivity contribution in [2.45, 2.75) is 53.0 Å². The van der Waals surface area contributed by atoms with Crippen LogP contribution in [0.1, 0.15) is 44.7 Å². The van der Waals surface area contributed by atoms with Crippen LogP contribution in [0, 0.1) is 12.8 Å². The second kappa shape index (κ2) is 7.50. The van der Waals surface area contributed by atoms with Crippen molar-refractivity contribution in [1.82, 2.24) is 5.32 Å².